The van der Waals surface area contributed by atoms with E-state index < -0.39 is 11.9 Å². The van der Waals surface area contributed by atoms with Crippen molar-refractivity contribution in [2.24, 2.45) is 5.92 Å². The van der Waals surface area contributed by atoms with Gasteiger partial charge in [-0.05, 0) is 31.6 Å². The summed E-state index contributed by atoms with van der Waals surface area (Å²) in [6.45, 7) is 11.3. The Kier molecular flexibility index (Phi) is 53.9. The Bertz CT molecular complexity index is 752. The van der Waals surface area contributed by atoms with Crippen LogP contribution < -0.4 is 0 Å². The Balaban J connectivity index is 0. The molecule has 0 amide bonds. The van der Waals surface area contributed by atoms with Crippen LogP contribution in [0, 0.1) is 5.92 Å². The van der Waals surface area contributed by atoms with Gasteiger partial charge in [0.05, 0.1) is 18.9 Å². The van der Waals surface area contributed by atoms with Crippen molar-refractivity contribution in [3.63, 3.8) is 0 Å². The van der Waals surface area contributed by atoms with E-state index in [1.54, 1.807) is 0 Å². The second-order valence-corrected chi connectivity index (χ2v) is 18.9. The lowest BCUT2D eigenvalue weighted by atomic mass is 10.0. The maximum atomic E-state index is 11.8. The molecule has 1 atom stereocenters. The fourth-order valence-electron chi connectivity index (χ4n) is 8.05. The first-order valence-corrected chi connectivity index (χ1v) is 26.9. The third kappa shape index (κ3) is 56.9. The monoisotopic (exact) mass is 837 g/mol. The van der Waals surface area contributed by atoms with Crippen LogP contribution >= 0.6 is 0 Å². The minimum Gasteiger partial charge on any atom is -0.393 e. The van der Waals surface area contributed by atoms with Crippen LogP contribution in [-0.4, -0.2) is 23.1 Å². The molecule has 0 heterocycles. The lowest BCUT2D eigenvalue weighted by molar-refractivity contribution is -0.259. The Hall–Kier alpha value is -1.10. The molecule has 0 aliphatic heterocycles. The zero-order chi connectivity index (χ0) is 43.5. The minimum absolute atomic E-state index is 0.0386. The fourth-order valence-corrected chi connectivity index (χ4v) is 8.05. The van der Waals surface area contributed by atoms with E-state index in [2.05, 4.69) is 34.6 Å². The number of aliphatic hydroxyl groups is 1. The Labute approximate surface area is 370 Å². The van der Waals surface area contributed by atoms with Crippen molar-refractivity contribution in [3.8, 4) is 0 Å². The smallest absolute Gasteiger partial charge is 0.355 e. The first-order chi connectivity index (χ1) is 28.9. The number of aliphatic hydroxyl groups excluding tert-OH is 1. The highest BCUT2D eigenvalue weighted by Gasteiger charge is 2.10. The van der Waals surface area contributed by atoms with E-state index in [1.165, 1.54) is 238 Å². The molecule has 1 N–H and O–H groups in total. The molecular formula is C54H108O5. The fraction of sp³-hybridized carbons (Fsp3) is 0.963. The molecule has 5 heteroatoms. The summed E-state index contributed by atoms with van der Waals surface area (Å²) in [5.41, 5.74) is 0. The molecule has 0 saturated heterocycles. The molecule has 0 fully saturated rings. The lowest BCUT2D eigenvalue weighted by Crippen LogP contribution is -2.11. The quantitative estimate of drug-likeness (QED) is 0.0376. The van der Waals surface area contributed by atoms with Crippen molar-refractivity contribution >= 4 is 11.9 Å². The van der Waals surface area contributed by atoms with Crippen molar-refractivity contribution < 1.29 is 24.5 Å². The highest BCUT2D eigenvalue weighted by molar-refractivity contribution is 5.72. The maximum absolute atomic E-state index is 11.8. The van der Waals surface area contributed by atoms with E-state index in [9.17, 15) is 14.7 Å². The zero-order valence-corrected chi connectivity index (χ0v) is 41.1. The summed E-state index contributed by atoms with van der Waals surface area (Å²) in [7, 11) is 0. The molecule has 0 aliphatic rings. The molecule has 0 rings (SSSR count). The number of rotatable bonds is 46. The molecule has 0 spiro atoms. The van der Waals surface area contributed by atoms with Gasteiger partial charge in [0.2, 0.25) is 0 Å². The number of hydrogen-bond acceptors (Lipinski definition) is 5. The van der Waals surface area contributed by atoms with Gasteiger partial charge in [-0.2, -0.15) is 0 Å². The molecule has 1 unspecified atom stereocenters. The number of hydrogen-bond donors (Lipinski definition) is 1. The molecule has 0 bridgehead atoms. The van der Waals surface area contributed by atoms with E-state index in [-0.39, 0.29) is 6.10 Å². The van der Waals surface area contributed by atoms with Gasteiger partial charge in [0.15, 0.2) is 0 Å². The third-order valence-corrected chi connectivity index (χ3v) is 12.2. The predicted molar refractivity (Wildman–Crippen MR) is 258 cm³/mol. The van der Waals surface area contributed by atoms with Gasteiger partial charge in [0.25, 0.3) is 0 Å². The topological polar surface area (TPSA) is 72.8 Å². The van der Waals surface area contributed by atoms with Gasteiger partial charge in [0.1, 0.15) is 0 Å². The van der Waals surface area contributed by atoms with Crippen molar-refractivity contribution in [1.82, 2.24) is 0 Å². The van der Waals surface area contributed by atoms with Crippen molar-refractivity contribution in [1.29, 1.82) is 0 Å². The van der Waals surface area contributed by atoms with Crippen molar-refractivity contribution in [2.75, 3.05) is 0 Å². The SMILES string of the molecule is CCCCCCCCCCCC(O)CCCC(C)C.CCCCCCCCCCCCCCCCCC(=O)OOC(=O)CCCCCCCCCCCCCCCCC. The molecule has 0 saturated carbocycles. The van der Waals surface area contributed by atoms with Gasteiger partial charge in [-0.3, -0.25) is 0 Å². The summed E-state index contributed by atoms with van der Waals surface area (Å²) in [6.07, 6.45) is 56.4. The van der Waals surface area contributed by atoms with Gasteiger partial charge in [-0.25, -0.2) is 19.4 Å². The van der Waals surface area contributed by atoms with E-state index >= 15 is 0 Å². The van der Waals surface area contributed by atoms with Gasteiger partial charge >= 0.3 is 11.9 Å². The van der Waals surface area contributed by atoms with Gasteiger partial charge < -0.3 is 5.11 Å². The molecule has 354 valence electrons. The third-order valence-electron chi connectivity index (χ3n) is 12.2. The Morgan fingerprint density at radius 2 is 0.542 bits per heavy atom. The first kappa shape index (κ1) is 60.0. The predicted octanol–water partition coefficient (Wildman–Crippen LogP) is 18.6. The number of carbonyl (C=O) groups is 2. The van der Waals surface area contributed by atoms with E-state index in [0.717, 1.165) is 44.4 Å². The van der Waals surface area contributed by atoms with Crippen LogP contribution in [0.5, 0.6) is 0 Å². The summed E-state index contributed by atoms with van der Waals surface area (Å²) < 4.78 is 0. The molecule has 59 heavy (non-hydrogen) atoms. The molecule has 0 aromatic carbocycles. The minimum atomic E-state index is -0.417. The number of carbonyl (C=O) groups excluding carboxylic acids is 2. The Morgan fingerprint density at radius 3 is 0.797 bits per heavy atom. The summed E-state index contributed by atoms with van der Waals surface area (Å²) in [4.78, 5) is 33.0. The van der Waals surface area contributed by atoms with Crippen LogP contribution in [0.15, 0.2) is 0 Å². The van der Waals surface area contributed by atoms with Crippen LogP contribution in [-0.2, 0) is 19.4 Å². The first-order valence-electron chi connectivity index (χ1n) is 26.9. The number of unbranched alkanes of at least 4 members (excludes halogenated alkanes) is 36. The zero-order valence-electron chi connectivity index (χ0n) is 41.1. The van der Waals surface area contributed by atoms with E-state index in [0.29, 0.717) is 12.8 Å². The van der Waals surface area contributed by atoms with Crippen LogP contribution in [0.25, 0.3) is 0 Å². The van der Waals surface area contributed by atoms with Gasteiger partial charge in [-0.15, -0.1) is 0 Å². The molecule has 0 aromatic heterocycles. The lowest BCUT2D eigenvalue weighted by Gasteiger charge is -2.11. The van der Waals surface area contributed by atoms with Gasteiger partial charge in [0, 0.05) is 0 Å². The summed E-state index contributed by atoms with van der Waals surface area (Å²) in [5.74, 6) is -0.0565. The highest BCUT2D eigenvalue weighted by atomic mass is 17.2. The largest absolute Gasteiger partial charge is 0.393 e. The van der Waals surface area contributed by atoms with E-state index in [4.69, 9.17) is 9.78 Å². The second-order valence-electron chi connectivity index (χ2n) is 18.9. The highest BCUT2D eigenvalue weighted by Crippen LogP contribution is 2.17. The molecular weight excluding hydrogens is 729 g/mol. The Morgan fingerprint density at radius 1 is 0.322 bits per heavy atom. The molecule has 5 nitrogen and oxygen atoms in total. The average molecular weight is 837 g/mol. The standard InChI is InChI=1S/C36H70O4.C18H38O/c1-3-5-7-9-11-13-15-17-19-21-23-25-27-29-31-33-35(37)39-40-36(38)34-32-30-28-26-24-22-20-18-16-14-12-10-8-6-4-2;1-4-5-6-7-8-9-10-11-12-15-18(19)16-13-14-17(2)3/h3-34H2,1-2H3;17-19H,4-16H2,1-3H3. The molecule has 0 aliphatic carbocycles. The summed E-state index contributed by atoms with van der Waals surface area (Å²) in [5, 5.41) is 9.86. The summed E-state index contributed by atoms with van der Waals surface area (Å²) in [6, 6.07) is 0. The van der Waals surface area contributed by atoms with Crippen molar-refractivity contribution in [2.45, 2.75) is 330 Å². The van der Waals surface area contributed by atoms with E-state index in [1.807, 2.05) is 0 Å². The van der Waals surface area contributed by atoms with Crippen LogP contribution in [0.2, 0.25) is 0 Å². The average Bonchev–Trinajstić information content (AvgIpc) is 3.22. The molecule has 0 aromatic rings. The normalized spacial score (nSPS) is 11.8. The van der Waals surface area contributed by atoms with Gasteiger partial charge in [-0.1, -0.05) is 285 Å². The van der Waals surface area contributed by atoms with Crippen LogP contribution in [0.4, 0.5) is 0 Å². The second kappa shape index (κ2) is 53.0. The molecule has 0 radical (unpaired) electrons. The maximum Gasteiger partial charge on any atom is 0.355 e. The van der Waals surface area contributed by atoms with Crippen LogP contribution in [0.3, 0.4) is 0 Å². The summed E-state index contributed by atoms with van der Waals surface area (Å²) >= 11 is 0. The van der Waals surface area contributed by atoms with Crippen LogP contribution in [0.1, 0.15) is 324 Å². The van der Waals surface area contributed by atoms with Crippen molar-refractivity contribution in [3.05, 3.63) is 0 Å².